The number of ether oxygens (including phenoxy) is 1. The second-order valence-electron chi connectivity index (χ2n) is 4.76. The molecule has 0 radical (unpaired) electrons. The lowest BCUT2D eigenvalue weighted by Crippen LogP contribution is -2.42. The molecule has 1 N–H and O–H groups in total. The average molecular weight is 242 g/mol. The number of hydrogen-bond donors (Lipinski definition) is 1. The summed E-state index contributed by atoms with van der Waals surface area (Å²) in [5.74, 6) is -1.11. The van der Waals surface area contributed by atoms with E-state index in [2.05, 4.69) is 11.8 Å². The summed E-state index contributed by atoms with van der Waals surface area (Å²) < 4.78 is 5.59. The van der Waals surface area contributed by atoms with Crippen LogP contribution < -0.4 is 0 Å². The summed E-state index contributed by atoms with van der Waals surface area (Å²) in [6.45, 7) is 6.10. The first-order valence-corrected chi connectivity index (χ1v) is 6.20. The normalized spacial score (nSPS) is 24.4. The number of allylic oxidation sites excluding steroid dienone is 2. The van der Waals surface area contributed by atoms with E-state index in [-0.39, 0.29) is 11.7 Å². The van der Waals surface area contributed by atoms with Crippen LogP contribution in [0.25, 0.3) is 0 Å². The third-order valence-electron chi connectivity index (χ3n) is 3.39. The highest BCUT2D eigenvalue weighted by molar-refractivity contribution is 5.95. The third-order valence-corrected chi connectivity index (χ3v) is 3.39. The maximum absolute atomic E-state index is 11.6. The van der Waals surface area contributed by atoms with Gasteiger partial charge < -0.3 is 4.74 Å². The van der Waals surface area contributed by atoms with Gasteiger partial charge >= 0.3 is 0 Å². The zero-order chi connectivity index (χ0) is 12.9. The van der Waals surface area contributed by atoms with Crippen molar-refractivity contribution in [1.82, 2.24) is 0 Å². The summed E-state index contributed by atoms with van der Waals surface area (Å²) in [4.78, 5) is 16.1. The maximum Gasteiger partial charge on any atom is 0.202 e. The Morgan fingerprint density at radius 1 is 1.59 bits per heavy atom. The van der Waals surface area contributed by atoms with Crippen molar-refractivity contribution in [3.63, 3.8) is 0 Å². The first-order chi connectivity index (χ1) is 8.03. The number of hydrogen-bond acceptors (Lipinski definition) is 4. The van der Waals surface area contributed by atoms with Gasteiger partial charge in [-0.05, 0) is 32.3 Å². The van der Waals surface area contributed by atoms with E-state index in [9.17, 15) is 4.79 Å². The summed E-state index contributed by atoms with van der Waals surface area (Å²) in [7, 11) is 0. The van der Waals surface area contributed by atoms with E-state index in [1.54, 1.807) is 6.92 Å². The van der Waals surface area contributed by atoms with Crippen LogP contribution in [0.2, 0.25) is 0 Å². The standard InChI is InChI=1S/C13H22O4/c1-4-5-8-16-13(3,17-15)11-7-6-10(2)12(14)9-11/h6,11,15H,4-5,7-9H2,1-3H3. The van der Waals surface area contributed by atoms with Gasteiger partial charge in [0.15, 0.2) is 5.78 Å². The van der Waals surface area contributed by atoms with E-state index in [0.29, 0.717) is 19.4 Å². The van der Waals surface area contributed by atoms with Crippen molar-refractivity contribution in [2.24, 2.45) is 5.92 Å². The molecule has 0 saturated heterocycles. The van der Waals surface area contributed by atoms with Crippen LogP contribution in [0, 0.1) is 5.92 Å². The van der Waals surface area contributed by atoms with Crippen molar-refractivity contribution in [1.29, 1.82) is 0 Å². The summed E-state index contributed by atoms with van der Waals surface area (Å²) >= 11 is 0. The molecule has 98 valence electrons. The van der Waals surface area contributed by atoms with Crippen LogP contribution in [0.3, 0.4) is 0 Å². The van der Waals surface area contributed by atoms with E-state index in [1.165, 1.54) is 0 Å². The third kappa shape index (κ3) is 3.63. The minimum Gasteiger partial charge on any atom is -0.347 e. The average Bonchev–Trinajstić information content (AvgIpc) is 2.32. The Morgan fingerprint density at radius 2 is 2.29 bits per heavy atom. The van der Waals surface area contributed by atoms with E-state index in [0.717, 1.165) is 18.4 Å². The summed E-state index contributed by atoms with van der Waals surface area (Å²) in [5.41, 5.74) is 0.787. The number of rotatable bonds is 6. The smallest absolute Gasteiger partial charge is 0.202 e. The lowest BCUT2D eigenvalue weighted by atomic mass is 9.84. The van der Waals surface area contributed by atoms with Crippen molar-refractivity contribution in [3.05, 3.63) is 11.6 Å². The van der Waals surface area contributed by atoms with Crippen LogP contribution in [-0.4, -0.2) is 23.4 Å². The molecule has 2 atom stereocenters. The molecule has 0 aliphatic heterocycles. The molecule has 0 saturated carbocycles. The molecule has 17 heavy (non-hydrogen) atoms. The Labute approximate surface area is 103 Å². The SMILES string of the molecule is CCCCOC(C)(OO)C1CC=C(C)C(=O)C1. The first-order valence-electron chi connectivity index (χ1n) is 6.20. The van der Waals surface area contributed by atoms with Gasteiger partial charge in [0.25, 0.3) is 0 Å². The molecule has 1 aliphatic rings. The Kier molecular flexibility index (Phi) is 5.31. The van der Waals surface area contributed by atoms with Crippen molar-refractivity contribution in [3.8, 4) is 0 Å². The predicted molar refractivity (Wildman–Crippen MR) is 64.5 cm³/mol. The van der Waals surface area contributed by atoms with Crippen molar-refractivity contribution in [2.75, 3.05) is 6.61 Å². The fourth-order valence-electron chi connectivity index (χ4n) is 1.94. The van der Waals surface area contributed by atoms with Gasteiger partial charge in [0, 0.05) is 12.3 Å². The topological polar surface area (TPSA) is 55.8 Å². The number of carbonyl (C=O) groups is 1. The van der Waals surface area contributed by atoms with Gasteiger partial charge in [-0.25, -0.2) is 10.1 Å². The fraction of sp³-hybridized carbons (Fsp3) is 0.769. The minimum atomic E-state index is -1.08. The van der Waals surface area contributed by atoms with Gasteiger partial charge in [0.2, 0.25) is 5.79 Å². The first kappa shape index (κ1) is 14.4. The molecular weight excluding hydrogens is 220 g/mol. The van der Waals surface area contributed by atoms with E-state index in [1.807, 2.05) is 13.0 Å². The molecule has 0 amide bonds. The van der Waals surface area contributed by atoms with Crippen molar-refractivity contribution in [2.45, 2.75) is 52.2 Å². The van der Waals surface area contributed by atoms with Crippen LogP contribution in [0.1, 0.15) is 46.5 Å². The lowest BCUT2D eigenvalue weighted by molar-refractivity contribution is -0.413. The van der Waals surface area contributed by atoms with Crippen LogP contribution in [-0.2, 0) is 14.4 Å². The van der Waals surface area contributed by atoms with Gasteiger partial charge in [0.1, 0.15) is 0 Å². The molecule has 0 fully saturated rings. The second-order valence-corrected chi connectivity index (χ2v) is 4.76. The van der Waals surface area contributed by atoms with Crippen LogP contribution in [0.4, 0.5) is 0 Å². The van der Waals surface area contributed by atoms with Crippen LogP contribution in [0.5, 0.6) is 0 Å². The Balaban J connectivity index is 2.63. The Bertz CT molecular complexity index is 298. The number of ketones is 1. The van der Waals surface area contributed by atoms with Gasteiger partial charge in [-0.1, -0.05) is 19.4 Å². The summed E-state index contributed by atoms with van der Waals surface area (Å²) in [6, 6.07) is 0. The van der Waals surface area contributed by atoms with E-state index >= 15 is 0 Å². The zero-order valence-corrected chi connectivity index (χ0v) is 10.9. The van der Waals surface area contributed by atoms with Crippen LogP contribution >= 0.6 is 0 Å². The van der Waals surface area contributed by atoms with Gasteiger partial charge in [-0.15, -0.1) is 0 Å². The molecule has 0 aromatic rings. The highest BCUT2D eigenvalue weighted by atomic mass is 17.1. The monoisotopic (exact) mass is 242 g/mol. The van der Waals surface area contributed by atoms with Gasteiger partial charge in [0.05, 0.1) is 6.61 Å². The van der Waals surface area contributed by atoms with E-state index < -0.39 is 5.79 Å². The zero-order valence-electron chi connectivity index (χ0n) is 10.9. The van der Waals surface area contributed by atoms with Crippen molar-refractivity contribution < 1.29 is 19.7 Å². The molecule has 4 heteroatoms. The number of carbonyl (C=O) groups excluding carboxylic acids is 1. The molecule has 1 rings (SSSR count). The second kappa shape index (κ2) is 6.28. The lowest BCUT2D eigenvalue weighted by Gasteiger charge is -2.35. The highest BCUT2D eigenvalue weighted by Crippen LogP contribution is 2.33. The summed E-state index contributed by atoms with van der Waals surface area (Å²) in [5, 5.41) is 9.03. The molecule has 0 aromatic heterocycles. The molecule has 4 nitrogen and oxygen atoms in total. The number of unbranched alkanes of at least 4 members (excludes halogenated alkanes) is 1. The summed E-state index contributed by atoms with van der Waals surface area (Å²) in [6.07, 6.45) is 4.88. The molecule has 2 unspecified atom stereocenters. The quantitative estimate of drug-likeness (QED) is 0.337. The Morgan fingerprint density at radius 3 is 2.82 bits per heavy atom. The highest BCUT2D eigenvalue weighted by Gasteiger charge is 2.39. The molecule has 0 bridgehead atoms. The maximum atomic E-state index is 11.6. The Hall–Kier alpha value is -0.710. The van der Waals surface area contributed by atoms with E-state index in [4.69, 9.17) is 9.99 Å². The minimum absolute atomic E-state index is 0.101. The van der Waals surface area contributed by atoms with Gasteiger partial charge in [-0.3, -0.25) is 4.79 Å². The predicted octanol–water partition coefficient (Wildman–Crippen LogP) is 2.93. The molecule has 0 aromatic carbocycles. The number of Topliss-reactive ketones (excluding diaryl/α,β-unsaturated/α-hetero) is 1. The fourth-order valence-corrected chi connectivity index (χ4v) is 1.94. The molecule has 0 heterocycles. The molecular formula is C13H22O4. The molecule has 0 spiro atoms. The van der Waals surface area contributed by atoms with Crippen LogP contribution in [0.15, 0.2) is 11.6 Å². The van der Waals surface area contributed by atoms with Gasteiger partial charge in [-0.2, -0.15) is 0 Å². The van der Waals surface area contributed by atoms with Crippen molar-refractivity contribution >= 4 is 5.78 Å². The largest absolute Gasteiger partial charge is 0.347 e. The molecule has 1 aliphatic carbocycles.